The zero-order chi connectivity index (χ0) is 21.0. The number of fused-ring (bicyclic) bond motifs is 1. The summed E-state index contributed by atoms with van der Waals surface area (Å²) in [6, 6.07) is 1.67. The number of aromatic nitrogens is 5. The van der Waals surface area contributed by atoms with Crippen LogP contribution in [0.4, 0.5) is 5.69 Å². The van der Waals surface area contributed by atoms with E-state index in [0.717, 1.165) is 18.5 Å². The number of rotatable bonds is 9. The number of H-pyrrole nitrogens is 1. The van der Waals surface area contributed by atoms with Crippen LogP contribution in [0.15, 0.2) is 17.1 Å². The fourth-order valence-electron chi connectivity index (χ4n) is 2.99. The van der Waals surface area contributed by atoms with Crippen LogP contribution in [0.1, 0.15) is 32.4 Å². The van der Waals surface area contributed by atoms with Crippen LogP contribution in [0.25, 0.3) is 22.4 Å². The maximum atomic E-state index is 12.7. The summed E-state index contributed by atoms with van der Waals surface area (Å²) in [6.07, 6.45) is 3.84. The number of anilines is 1. The summed E-state index contributed by atoms with van der Waals surface area (Å²) in [7, 11) is 1.71. The van der Waals surface area contributed by atoms with Gasteiger partial charge in [0.25, 0.3) is 5.56 Å². The number of nitrogens with zero attached hydrogens (tertiary/aromatic N) is 4. The van der Waals surface area contributed by atoms with Gasteiger partial charge in [-0.15, -0.1) is 0 Å². The number of ether oxygens (including phenoxy) is 1. The minimum absolute atomic E-state index is 0.261. The highest BCUT2D eigenvalue weighted by molar-refractivity contribution is 5.80. The fraction of sp³-hybridized carbons (Fsp3) is 0.421. The largest absolute Gasteiger partial charge is 0.480 e. The summed E-state index contributed by atoms with van der Waals surface area (Å²) in [5, 5.41) is 16.1. The number of aromatic amines is 1. The molecule has 0 unspecified atom stereocenters. The van der Waals surface area contributed by atoms with Gasteiger partial charge in [0.1, 0.15) is 17.9 Å². The van der Waals surface area contributed by atoms with Crippen LogP contribution in [0.5, 0.6) is 5.88 Å². The molecule has 0 fully saturated rings. The summed E-state index contributed by atoms with van der Waals surface area (Å²) >= 11 is 0. The minimum atomic E-state index is -0.995. The van der Waals surface area contributed by atoms with E-state index in [4.69, 9.17) is 9.84 Å². The predicted octanol–water partition coefficient (Wildman–Crippen LogP) is 1.96. The smallest absolute Gasteiger partial charge is 0.322 e. The zero-order valence-corrected chi connectivity index (χ0v) is 16.7. The molecule has 10 nitrogen and oxygen atoms in total. The highest BCUT2D eigenvalue weighted by Gasteiger charge is 2.18. The molecule has 3 N–H and O–H groups in total. The average molecular weight is 400 g/mol. The Balaban J connectivity index is 2.14. The van der Waals surface area contributed by atoms with Gasteiger partial charge in [0.2, 0.25) is 5.88 Å². The van der Waals surface area contributed by atoms with Gasteiger partial charge >= 0.3 is 5.97 Å². The first kappa shape index (κ1) is 20.3. The van der Waals surface area contributed by atoms with E-state index in [2.05, 4.69) is 25.4 Å². The van der Waals surface area contributed by atoms with Crippen molar-refractivity contribution in [2.24, 2.45) is 7.05 Å². The highest BCUT2D eigenvalue weighted by atomic mass is 16.5. The Morgan fingerprint density at radius 2 is 2.14 bits per heavy atom. The third-order valence-corrected chi connectivity index (χ3v) is 4.24. The van der Waals surface area contributed by atoms with E-state index >= 15 is 0 Å². The van der Waals surface area contributed by atoms with Crippen molar-refractivity contribution in [2.75, 3.05) is 18.5 Å². The van der Waals surface area contributed by atoms with Crippen molar-refractivity contribution in [3.8, 4) is 17.3 Å². The summed E-state index contributed by atoms with van der Waals surface area (Å²) < 4.78 is 7.25. The number of hydrogen-bond acceptors (Lipinski definition) is 7. The van der Waals surface area contributed by atoms with Gasteiger partial charge in [0.15, 0.2) is 5.52 Å². The molecule has 154 valence electrons. The van der Waals surface area contributed by atoms with Gasteiger partial charge in [0.05, 0.1) is 29.7 Å². The number of aryl methyl sites for hydroxylation is 2. The quantitative estimate of drug-likeness (QED) is 0.496. The first-order valence-corrected chi connectivity index (χ1v) is 9.49. The van der Waals surface area contributed by atoms with Gasteiger partial charge < -0.3 is 20.1 Å². The molecule has 3 heterocycles. The van der Waals surface area contributed by atoms with Crippen molar-refractivity contribution < 1.29 is 14.6 Å². The molecular weight excluding hydrogens is 376 g/mol. The van der Waals surface area contributed by atoms with Gasteiger partial charge in [0, 0.05) is 7.05 Å². The molecule has 0 radical (unpaired) electrons. The fourth-order valence-corrected chi connectivity index (χ4v) is 2.99. The van der Waals surface area contributed by atoms with Crippen LogP contribution < -0.4 is 15.6 Å². The average Bonchev–Trinajstić information content (AvgIpc) is 3.01. The van der Waals surface area contributed by atoms with E-state index in [1.165, 1.54) is 10.9 Å². The van der Waals surface area contributed by atoms with Gasteiger partial charge in [-0.05, 0) is 18.9 Å². The molecule has 0 aromatic carbocycles. The molecule has 3 aromatic rings. The normalized spacial score (nSPS) is 11.0. The topological polar surface area (TPSA) is 135 Å². The van der Waals surface area contributed by atoms with Crippen molar-refractivity contribution in [3.05, 3.63) is 28.3 Å². The van der Waals surface area contributed by atoms with Crippen LogP contribution in [0.2, 0.25) is 0 Å². The van der Waals surface area contributed by atoms with E-state index in [1.54, 1.807) is 13.1 Å². The van der Waals surface area contributed by atoms with E-state index in [1.807, 2.05) is 13.8 Å². The van der Waals surface area contributed by atoms with Crippen LogP contribution in [-0.2, 0) is 18.3 Å². The van der Waals surface area contributed by atoms with Crippen molar-refractivity contribution in [2.45, 2.75) is 33.1 Å². The van der Waals surface area contributed by atoms with Gasteiger partial charge in [-0.25, -0.2) is 9.97 Å². The monoisotopic (exact) mass is 400 g/mol. The lowest BCUT2D eigenvalue weighted by Gasteiger charge is -2.12. The molecule has 0 bridgehead atoms. The van der Waals surface area contributed by atoms with Crippen molar-refractivity contribution in [1.29, 1.82) is 0 Å². The lowest BCUT2D eigenvalue weighted by molar-refractivity contribution is -0.134. The van der Waals surface area contributed by atoms with Crippen LogP contribution >= 0.6 is 0 Å². The van der Waals surface area contributed by atoms with Crippen molar-refractivity contribution in [1.82, 2.24) is 24.7 Å². The number of hydrogen-bond donors (Lipinski definition) is 3. The molecular formula is C19H24N6O4. The van der Waals surface area contributed by atoms with Crippen LogP contribution in [0.3, 0.4) is 0 Å². The molecule has 29 heavy (non-hydrogen) atoms. The van der Waals surface area contributed by atoms with Crippen molar-refractivity contribution >= 4 is 22.7 Å². The Morgan fingerprint density at radius 3 is 2.83 bits per heavy atom. The second kappa shape index (κ2) is 8.72. The Kier molecular flexibility index (Phi) is 6.10. The van der Waals surface area contributed by atoms with E-state index in [-0.39, 0.29) is 12.1 Å². The molecule has 0 aliphatic rings. The molecule has 10 heteroatoms. The first-order chi connectivity index (χ1) is 13.9. The van der Waals surface area contributed by atoms with Crippen LogP contribution in [-0.4, -0.2) is 49.0 Å². The van der Waals surface area contributed by atoms with E-state index < -0.39 is 5.97 Å². The Labute approximate surface area is 167 Å². The maximum Gasteiger partial charge on any atom is 0.322 e. The lowest BCUT2D eigenvalue weighted by Crippen LogP contribution is -2.14. The molecule has 3 aromatic heterocycles. The summed E-state index contributed by atoms with van der Waals surface area (Å²) in [5.74, 6) is -0.382. The summed E-state index contributed by atoms with van der Waals surface area (Å²) in [4.78, 5) is 35.3. The molecule has 0 atom stereocenters. The van der Waals surface area contributed by atoms with Gasteiger partial charge in [-0.3, -0.25) is 14.3 Å². The molecule has 3 rings (SSSR count). The predicted molar refractivity (Wildman–Crippen MR) is 108 cm³/mol. The van der Waals surface area contributed by atoms with Gasteiger partial charge in [-0.2, -0.15) is 5.10 Å². The molecule has 0 spiro atoms. The number of carboxylic acids is 1. The molecule has 0 saturated heterocycles. The molecule has 0 aliphatic carbocycles. The lowest BCUT2D eigenvalue weighted by atomic mass is 10.2. The summed E-state index contributed by atoms with van der Waals surface area (Å²) in [6.45, 7) is 4.19. The third-order valence-electron chi connectivity index (χ3n) is 4.24. The second-order valence-electron chi connectivity index (χ2n) is 6.60. The number of carboxylic acid groups (broad SMARTS) is 1. The molecule has 0 aliphatic heterocycles. The number of carbonyl (C=O) groups is 1. The number of nitrogens with one attached hydrogen (secondary N) is 2. The minimum Gasteiger partial charge on any atom is -0.480 e. The Bertz CT molecular complexity index is 1090. The number of pyridine rings is 1. The maximum absolute atomic E-state index is 12.7. The first-order valence-electron chi connectivity index (χ1n) is 9.49. The SMILES string of the molecule is CCCOc1ncc(NCC(=O)O)cc1-c1nc2c(CCC)nn(C)c2c(=O)[nH]1. The van der Waals surface area contributed by atoms with Crippen molar-refractivity contribution in [3.63, 3.8) is 0 Å². The van der Waals surface area contributed by atoms with E-state index in [0.29, 0.717) is 47.0 Å². The van der Waals surface area contributed by atoms with Gasteiger partial charge in [-0.1, -0.05) is 20.3 Å². The van der Waals surface area contributed by atoms with E-state index in [9.17, 15) is 9.59 Å². The molecule has 0 amide bonds. The Morgan fingerprint density at radius 1 is 1.34 bits per heavy atom. The zero-order valence-electron chi connectivity index (χ0n) is 16.7. The number of aliphatic carboxylic acids is 1. The van der Waals surface area contributed by atoms with Crippen LogP contribution in [0, 0.1) is 0 Å². The third kappa shape index (κ3) is 4.36. The highest BCUT2D eigenvalue weighted by Crippen LogP contribution is 2.29. The summed E-state index contributed by atoms with van der Waals surface area (Å²) in [5.41, 5.74) is 2.34. The molecule has 0 saturated carbocycles. The Hall–Kier alpha value is -3.43. The second-order valence-corrected chi connectivity index (χ2v) is 6.60. The standard InChI is InChI=1S/C19H24N6O4/c1-4-6-13-15-16(25(3)24-13)18(28)23-17(22-15)12-8-11(20-10-14(26)27)9-21-19(12)29-7-5-2/h8-9,20H,4-7,10H2,1-3H3,(H,26,27)(H,22,23,28).